The molecule has 0 bridgehead atoms. The Morgan fingerprint density at radius 1 is 0.532 bits per heavy atom. The van der Waals surface area contributed by atoms with Gasteiger partial charge >= 0.3 is 17.9 Å². The number of quaternary nitrogens is 3. The zero-order valence-corrected chi connectivity index (χ0v) is 35.8. The number of carbonyl (C=O) groups is 3. The summed E-state index contributed by atoms with van der Waals surface area (Å²) in [6.45, 7) is 20.3. The highest BCUT2D eigenvalue weighted by atomic mass is 35.5. The Bertz CT molecular complexity index is 760. The minimum absolute atomic E-state index is 0. The lowest BCUT2D eigenvalue weighted by Crippen LogP contribution is -3.00. The van der Waals surface area contributed by atoms with Gasteiger partial charge in [0.25, 0.3) is 0 Å². The van der Waals surface area contributed by atoms with Gasteiger partial charge in [0.15, 0.2) is 0 Å². The van der Waals surface area contributed by atoms with Gasteiger partial charge in [0.05, 0.1) is 120 Å². The second kappa shape index (κ2) is 27.9. The van der Waals surface area contributed by atoms with Crippen LogP contribution in [0.5, 0.6) is 0 Å². The van der Waals surface area contributed by atoms with E-state index < -0.39 is 0 Å². The molecule has 0 aliphatic rings. The number of ether oxygens (including phenoxy) is 3. The van der Waals surface area contributed by atoms with Crippen molar-refractivity contribution in [3.63, 3.8) is 0 Å². The molecular weight excluding hydrogens is 665 g/mol. The first-order valence-electron chi connectivity index (χ1n) is 16.7. The lowest BCUT2D eigenvalue weighted by atomic mass is 9.91. The summed E-state index contributed by atoms with van der Waals surface area (Å²) in [7, 11) is 19.2. The fraction of sp³-hybridized carbons (Fsp3) is 0.914. The molecule has 9 nitrogen and oxygen atoms in total. The Kier molecular flexibility index (Phi) is 34.7. The van der Waals surface area contributed by atoms with Crippen molar-refractivity contribution in [2.45, 2.75) is 93.9 Å². The summed E-state index contributed by atoms with van der Waals surface area (Å²) in [5.41, 5.74) is -0.673. The van der Waals surface area contributed by atoms with E-state index >= 15 is 0 Å². The van der Waals surface area contributed by atoms with Crippen molar-refractivity contribution in [2.75, 3.05) is 103 Å². The van der Waals surface area contributed by atoms with Gasteiger partial charge in [-0.3, -0.25) is 14.4 Å². The van der Waals surface area contributed by atoms with E-state index in [0.29, 0.717) is 19.8 Å². The van der Waals surface area contributed by atoms with E-state index in [2.05, 4.69) is 63.4 Å². The van der Waals surface area contributed by atoms with E-state index in [9.17, 15) is 14.4 Å². The zero-order chi connectivity index (χ0) is 35.4. The molecule has 0 heterocycles. The molecule has 0 rings (SSSR count). The largest absolute Gasteiger partial charge is 1.00 e. The summed E-state index contributed by atoms with van der Waals surface area (Å²) < 4.78 is 18.4. The van der Waals surface area contributed by atoms with E-state index in [1.54, 1.807) is 0 Å². The maximum absolute atomic E-state index is 11.6. The molecule has 1 unspecified atom stereocenters. The molecule has 288 valence electrons. The van der Waals surface area contributed by atoms with Crippen LogP contribution in [-0.4, -0.2) is 134 Å². The van der Waals surface area contributed by atoms with E-state index in [-0.39, 0.29) is 71.9 Å². The van der Waals surface area contributed by atoms with Crippen molar-refractivity contribution >= 4 is 17.9 Å². The third-order valence-corrected chi connectivity index (χ3v) is 7.52. The van der Waals surface area contributed by atoms with E-state index in [1.807, 2.05) is 55.4 Å². The first-order valence-corrected chi connectivity index (χ1v) is 16.7. The first kappa shape index (κ1) is 58.4. The molecule has 0 aromatic rings. The molecule has 0 fully saturated rings. The molecule has 0 saturated heterocycles. The Morgan fingerprint density at radius 3 is 1.00 bits per heavy atom. The fourth-order valence-corrected chi connectivity index (χ4v) is 3.11. The van der Waals surface area contributed by atoms with Crippen molar-refractivity contribution < 1.29 is 79.3 Å². The van der Waals surface area contributed by atoms with Crippen LogP contribution in [0.15, 0.2) is 0 Å². The molecule has 0 aromatic heterocycles. The predicted octanol–water partition coefficient (Wildman–Crippen LogP) is -3.19. The Hall–Kier alpha value is -0.840. The third-order valence-electron chi connectivity index (χ3n) is 7.52. The number of hydrogen-bond donors (Lipinski definition) is 0. The van der Waals surface area contributed by atoms with Crippen molar-refractivity contribution in [2.24, 2.45) is 16.7 Å². The van der Waals surface area contributed by atoms with Gasteiger partial charge in [-0.15, -0.1) is 0 Å². The third kappa shape index (κ3) is 37.8. The smallest absolute Gasteiger partial charge is 0.311 e. The number of carbonyl (C=O) groups excluding carboxylic acids is 3. The molecule has 0 N–H and O–H groups in total. The maximum Gasteiger partial charge on any atom is 0.311 e. The van der Waals surface area contributed by atoms with Gasteiger partial charge in [0, 0.05) is 19.3 Å². The average molecular weight is 741 g/mol. The van der Waals surface area contributed by atoms with E-state index in [0.717, 1.165) is 71.6 Å². The van der Waals surface area contributed by atoms with Crippen LogP contribution in [-0.2, 0) is 28.6 Å². The summed E-state index contributed by atoms with van der Waals surface area (Å²) in [6, 6.07) is 0. The van der Waals surface area contributed by atoms with Crippen LogP contribution in [0, 0.1) is 16.7 Å². The van der Waals surface area contributed by atoms with Gasteiger partial charge in [0.2, 0.25) is 0 Å². The van der Waals surface area contributed by atoms with Crippen molar-refractivity contribution in [1.29, 1.82) is 0 Å². The molecular formula is C35H76Cl3N3O6. The van der Waals surface area contributed by atoms with Gasteiger partial charge in [-0.25, -0.2) is 0 Å². The standard InChI is InChI=1S/2C12H26NO2.C11H24NO2.3ClH/c2*1-7-12(2,3)11(14)15-10-8-9-13(4,5)6;1-6-10(2)11(13)14-9-7-8-12(3,4)5;;;/h2*7-10H2,1-6H3;10H,6-9H2,1-5H3;3*1H/q3*+1;;;/p-3. The van der Waals surface area contributed by atoms with Crippen LogP contribution in [0.4, 0.5) is 0 Å². The van der Waals surface area contributed by atoms with Crippen LogP contribution in [0.25, 0.3) is 0 Å². The second-order valence-corrected chi connectivity index (χ2v) is 16.3. The highest BCUT2D eigenvalue weighted by molar-refractivity contribution is 5.76. The first-order chi connectivity index (χ1) is 19.7. The van der Waals surface area contributed by atoms with Crippen LogP contribution in [0.3, 0.4) is 0 Å². The Labute approximate surface area is 309 Å². The summed E-state index contributed by atoms with van der Waals surface area (Å²) in [5.74, 6) is -0.175. The van der Waals surface area contributed by atoms with Crippen LogP contribution in [0.2, 0.25) is 0 Å². The van der Waals surface area contributed by atoms with Crippen LogP contribution < -0.4 is 37.2 Å². The van der Waals surface area contributed by atoms with Gasteiger partial charge in [-0.2, -0.15) is 0 Å². The molecule has 0 aliphatic heterocycles. The number of hydrogen-bond acceptors (Lipinski definition) is 6. The topological polar surface area (TPSA) is 78.9 Å². The molecule has 47 heavy (non-hydrogen) atoms. The second-order valence-electron chi connectivity index (χ2n) is 16.3. The van der Waals surface area contributed by atoms with Crippen molar-refractivity contribution in [3.05, 3.63) is 0 Å². The van der Waals surface area contributed by atoms with Crippen molar-refractivity contribution in [3.8, 4) is 0 Å². The molecule has 0 aromatic carbocycles. The quantitative estimate of drug-likeness (QED) is 0.0639. The van der Waals surface area contributed by atoms with Gasteiger partial charge < -0.3 is 64.9 Å². The number of esters is 3. The Morgan fingerprint density at radius 2 is 0.787 bits per heavy atom. The number of nitrogens with zero attached hydrogens (tertiary/aromatic N) is 3. The fourth-order valence-electron chi connectivity index (χ4n) is 3.11. The number of rotatable bonds is 18. The molecule has 0 radical (unpaired) electrons. The van der Waals surface area contributed by atoms with Crippen LogP contribution in [0.1, 0.15) is 93.9 Å². The lowest BCUT2D eigenvalue weighted by Gasteiger charge is -2.24. The van der Waals surface area contributed by atoms with Crippen molar-refractivity contribution in [1.82, 2.24) is 0 Å². The minimum Gasteiger partial charge on any atom is -1.00 e. The SMILES string of the molecule is CCC(C)(C)C(=O)OCCC[N+](C)(C)C.CCC(C)(C)C(=O)OCCC[N+](C)(C)C.CCC(C)C(=O)OCCC[N+](C)(C)C.[Cl-].[Cl-].[Cl-]. The summed E-state index contributed by atoms with van der Waals surface area (Å²) in [6.07, 6.45) is 5.28. The normalized spacial score (nSPS) is 12.2. The van der Waals surface area contributed by atoms with Gasteiger partial charge in [-0.05, 0) is 47.0 Å². The molecule has 1 atom stereocenters. The predicted molar refractivity (Wildman–Crippen MR) is 183 cm³/mol. The monoisotopic (exact) mass is 739 g/mol. The highest BCUT2D eigenvalue weighted by Gasteiger charge is 2.27. The Balaban J connectivity index is -0.000000130. The number of halogens is 3. The summed E-state index contributed by atoms with van der Waals surface area (Å²) in [5, 5.41) is 0. The lowest BCUT2D eigenvalue weighted by molar-refractivity contribution is -0.870. The average Bonchev–Trinajstić information content (AvgIpc) is 2.89. The van der Waals surface area contributed by atoms with E-state index in [4.69, 9.17) is 14.2 Å². The maximum atomic E-state index is 11.6. The van der Waals surface area contributed by atoms with Crippen LogP contribution >= 0.6 is 0 Å². The molecule has 12 heteroatoms. The molecule has 0 spiro atoms. The molecule has 0 aliphatic carbocycles. The summed E-state index contributed by atoms with van der Waals surface area (Å²) in [4.78, 5) is 34.5. The van der Waals surface area contributed by atoms with Gasteiger partial charge in [-0.1, -0.05) is 27.7 Å². The highest BCUT2D eigenvalue weighted by Crippen LogP contribution is 2.22. The molecule has 0 saturated carbocycles. The molecule has 0 amide bonds. The zero-order valence-electron chi connectivity index (χ0n) is 33.5. The van der Waals surface area contributed by atoms with E-state index in [1.165, 1.54) is 0 Å². The minimum atomic E-state index is -0.337. The van der Waals surface area contributed by atoms with Gasteiger partial charge in [0.1, 0.15) is 0 Å². The summed E-state index contributed by atoms with van der Waals surface area (Å²) >= 11 is 0.